The minimum Gasteiger partial charge on any atom is -0.484 e. The number of alkyl carbamates (subject to hydrolysis) is 1. The van der Waals surface area contributed by atoms with E-state index in [9.17, 15) is 13.6 Å². The number of benzene rings is 1. The fourth-order valence-electron chi connectivity index (χ4n) is 2.56. The summed E-state index contributed by atoms with van der Waals surface area (Å²) in [4.78, 5) is 18.5. The number of carbonyl (C=O) groups excluding carboxylic acids is 1. The monoisotopic (exact) mass is 389 g/mol. The van der Waals surface area contributed by atoms with Gasteiger partial charge in [-0.2, -0.15) is 4.39 Å². The summed E-state index contributed by atoms with van der Waals surface area (Å²) in [6.07, 6.45) is -0.538. The van der Waals surface area contributed by atoms with Crippen LogP contribution in [0.5, 0.6) is 5.75 Å². The molecular formula is C20H21F2N3O3. The second kappa shape index (κ2) is 7.84. The van der Waals surface area contributed by atoms with Crippen molar-refractivity contribution in [1.82, 2.24) is 15.3 Å². The zero-order valence-electron chi connectivity index (χ0n) is 15.8. The molecule has 3 rings (SSSR count). The molecule has 0 aliphatic heterocycles. The summed E-state index contributed by atoms with van der Waals surface area (Å²) in [5, 5.41) is 3.27. The Morgan fingerprint density at radius 2 is 2.00 bits per heavy atom. The van der Waals surface area contributed by atoms with Gasteiger partial charge in [0.05, 0.1) is 12.2 Å². The van der Waals surface area contributed by atoms with Gasteiger partial charge >= 0.3 is 6.09 Å². The van der Waals surface area contributed by atoms with Crippen LogP contribution in [0.4, 0.5) is 13.6 Å². The van der Waals surface area contributed by atoms with Crippen LogP contribution in [0.3, 0.4) is 0 Å². The summed E-state index contributed by atoms with van der Waals surface area (Å²) in [7, 11) is 0. The lowest BCUT2D eigenvalue weighted by Gasteiger charge is -2.19. The number of nitrogens with zero attached hydrogens (tertiary/aromatic N) is 1. The number of hydrogen-bond donors (Lipinski definition) is 2. The van der Waals surface area contributed by atoms with Gasteiger partial charge in [-0.05, 0) is 45.0 Å². The molecule has 0 unspecified atom stereocenters. The van der Waals surface area contributed by atoms with Crippen LogP contribution in [0.25, 0.3) is 10.9 Å². The molecule has 0 radical (unpaired) electrons. The molecule has 0 fully saturated rings. The first kappa shape index (κ1) is 19.6. The molecule has 8 heteroatoms. The Morgan fingerprint density at radius 3 is 2.71 bits per heavy atom. The molecule has 2 heterocycles. The van der Waals surface area contributed by atoms with Crippen LogP contribution in [0.1, 0.15) is 32.2 Å². The molecule has 0 bridgehead atoms. The van der Waals surface area contributed by atoms with Gasteiger partial charge in [-0.25, -0.2) is 14.2 Å². The fraction of sp³-hybridized carbons (Fsp3) is 0.300. The minimum atomic E-state index is -0.622. The number of hydrogen-bond acceptors (Lipinski definition) is 4. The predicted octanol–water partition coefficient (Wildman–Crippen LogP) is 4.44. The number of carbonyl (C=O) groups is 1. The molecule has 6 nitrogen and oxygen atoms in total. The Hall–Kier alpha value is -3.16. The van der Waals surface area contributed by atoms with Crippen LogP contribution in [-0.4, -0.2) is 21.7 Å². The average molecular weight is 389 g/mol. The van der Waals surface area contributed by atoms with Gasteiger partial charge in [-0.15, -0.1) is 0 Å². The molecule has 148 valence electrons. The number of nitrogens with one attached hydrogen (secondary N) is 2. The highest BCUT2D eigenvalue weighted by Gasteiger charge is 2.16. The summed E-state index contributed by atoms with van der Waals surface area (Å²) < 4.78 is 38.0. The van der Waals surface area contributed by atoms with Gasteiger partial charge in [0, 0.05) is 22.7 Å². The van der Waals surface area contributed by atoms with Crippen molar-refractivity contribution in [3.05, 3.63) is 59.6 Å². The molecule has 2 N–H and O–H groups in total. The second-order valence-corrected chi connectivity index (χ2v) is 7.26. The molecule has 0 saturated carbocycles. The first-order valence-electron chi connectivity index (χ1n) is 8.72. The Balaban J connectivity index is 1.68. The maximum absolute atomic E-state index is 14.3. The molecule has 0 spiro atoms. The predicted molar refractivity (Wildman–Crippen MR) is 99.9 cm³/mol. The number of fused-ring (bicyclic) bond motifs is 1. The standard InChI is InChI=1S/C20H21F2N3O3/c1-20(2,3)28-19(26)23-10-14-7-12-8-15(21)17(9-16(12)24-14)27-11-13-5-4-6-18(22)25-13/h4-9,24H,10-11H2,1-3H3,(H,23,26). The van der Waals surface area contributed by atoms with Crippen LogP contribution < -0.4 is 10.1 Å². The van der Waals surface area contributed by atoms with E-state index in [1.807, 2.05) is 0 Å². The number of aromatic nitrogens is 2. The van der Waals surface area contributed by atoms with Gasteiger partial charge in [-0.1, -0.05) is 6.07 Å². The third-order valence-electron chi connectivity index (χ3n) is 3.70. The van der Waals surface area contributed by atoms with Gasteiger partial charge in [0.25, 0.3) is 0 Å². The van der Waals surface area contributed by atoms with Crippen LogP contribution >= 0.6 is 0 Å². The first-order chi connectivity index (χ1) is 13.2. The van der Waals surface area contributed by atoms with E-state index in [2.05, 4.69) is 15.3 Å². The first-order valence-corrected chi connectivity index (χ1v) is 8.72. The van der Waals surface area contributed by atoms with E-state index in [-0.39, 0.29) is 18.9 Å². The van der Waals surface area contributed by atoms with Crippen molar-refractivity contribution in [2.24, 2.45) is 0 Å². The molecule has 28 heavy (non-hydrogen) atoms. The van der Waals surface area contributed by atoms with E-state index in [1.165, 1.54) is 24.3 Å². The Bertz CT molecular complexity index is 996. The van der Waals surface area contributed by atoms with Crippen molar-refractivity contribution < 1.29 is 23.0 Å². The van der Waals surface area contributed by atoms with Gasteiger partial charge < -0.3 is 19.8 Å². The third-order valence-corrected chi connectivity index (χ3v) is 3.70. The number of halogens is 2. The van der Waals surface area contributed by atoms with Crippen molar-refractivity contribution in [2.45, 2.75) is 39.5 Å². The van der Waals surface area contributed by atoms with Gasteiger partial charge in [0.2, 0.25) is 5.95 Å². The summed E-state index contributed by atoms with van der Waals surface area (Å²) >= 11 is 0. The zero-order valence-corrected chi connectivity index (χ0v) is 15.8. The summed E-state index contributed by atoms with van der Waals surface area (Å²) in [5.74, 6) is -1.15. The van der Waals surface area contributed by atoms with Crippen molar-refractivity contribution in [3.63, 3.8) is 0 Å². The number of pyridine rings is 1. The normalized spacial score (nSPS) is 11.5. The Labute approximate surface area is 160 Å². The molecule has 2 aromatic heterocycles. The van der Waals surface area contributed by atoms with E-state index in [0.29, 0.717) is 22.3 Å². The van der Waals surface area contributed by atoms with Gasteiger partial charge in [0.15, 0.2) is 11.6 Å². The van der Waals surface area contributed by atoms with E-state index in [4.69, 9.17) is 9.47 Å². The number of amides is 1. The average Bonchev–Trinajstić information content (AvgIpc) is 2.98. The maximum atomic E-state index is 14.3. The van der Waals surface area contributed by atoms with Crippen molar-refractivity contribution >= 4 is 17.0 Å². The van der Waals surface area contributed by atoms with Crippen LogP contribution in [0, 0.1) is 11.8 Å². The Kier molecular flexibility index (Phi) is 5.48. The topological polar surface area (TPSA) is 76.2 Å². The van der Waals surface area contributed by atoms with Gasteiger partial charge in [0.1, 0.15) is 12.2 Å². The second-order valence-electron chi connectivity index (χ2n) is 7.26. The fourth-order valence-corrected chi connectivity index (χ4v) is 2.56. The lowest BCUT2D eigenvalue weighted by atomic mass is 10.2. The molecule has 0 atom stereocenters. The molecule has 0 saturated heterocycles. The number of aromatic amines is 1. The zero-order chi connectivity index (χ0) is 20.3. The van der Waals surface area contributed by atoms with Crippen LogP contribution in [0.15, 0.2) is 36.4 Å². The highest BCUT2D eigenvalue weighted by molar-refractivity contribution is 5.82. The molecule has 0 aliphatic rings. The van der Waals surface area contributed by atoms with E-state index < -0.39 is 23.5 Å². The summed E-state index contributed by atoms with van der Waals surface area (Å²) in [6.45, 7) is 5.47. The molecule has 1 aromatic carbocycles. The molecule has 3 aromatic rings. The number of H-pyrrole nitrogens is 1. The highest BCUT2D eigenvalue weighted by atomic mass is 19.1. The number of rotatable bonds is 5. The summed E-state index contributed by atoms with van der Waals surface area (Å²) in [6, 6.07) is 8.90. The van der Waals surface area contributed by atoms with Crippen LogP contribution in [0.2, 0.25) is 0 Å². The number of ether oxygens (including phenoxy) is 2. The van der Waals surface area contributed by atoms with Crippen molar-refractivity contribution in [1.29, 1.82) is 0 Å². The highest BCUT2D eigenvalue weighted by Crippen LogP contribution is 2.26. The van der Waals surface area contributed by atoms with Crippen molar-refractivity contribution in [3.8, 4) is 5.75 Å². The van der Waals surface area contributed by atoms with Crippen LogP contribution in [-0.2, 0) is 17.9 Å². The lowest BCUT2D eigenvalue weighted by molar-refractivity contribution is 0.0523. The SMILES string of the molecule is CC(C)(C)OC(=O)NCc1cc2cc(F)c(OCc3cccc(F)n3)cc2[nH]1. The van der Waals surface area contributed by atoms with E-state index in [0.717, 1.165) is 0 Å². The molecular weight excluding hydrogens is 368 g/mol. The largest absolute Gasteiger partial charge is 0.484 e. The smallest absolute Gasteiger partial charge is 0.407 e. The lowest BCUT2D eigenvalue weighted by Crippen LogP contribution is -2.32. The maximum Gasteiger partial charge on any atom is 0.407 e. The molecule has 1 amide bonds. The van der Waals surface area contributed by atoms with E-state index in [1.54, 1.807) is 32.9 Å². The van der Waals surface area contributed by atoms with Crippen molar-refractivity contribution in [2.75, 3.05) is 0 Å². The summed E-state index contributed by atoms with van der Waals surface area (Å²) in [5.41, 5.74) is 1.10. The minimum absolute atomic E-state index is 0.0204. The quantitative estimate of drug-likeness (QED) is 0.633. The van der Waals surface area contributed by atoms with E-state index >= 15 is 0 Å². The Morgan fingerprint density at radius 1 is 1.21 bits per heavy atom. The molecule has 0 aliphatic carbocycles. The third kappa shape index (κ3) is 5.18. The van der Waals surface area contributed by atoms with Gasteiger partial charge in [-0.3, -0.25) is 0 Å².